The third-order valence-electron chi connectivity index (χ3n) is 1.45. The van der Waals surface area contributed by atoms with E-state index in [9.17, 15) is 0 Å². The molecule has 1 nitrogen and oxygen atoms in total. The summed E-state index contributed by atoms with van der Waals surface area (Å²) in [4.78, 5) is 0. The Kier molecular flexibility index (Phi) is 5.45. The van der Waals surface area contributed by atoms with Crippen LogP contribution < -0.4 is 5.32 Å². The molecule has 0 atom stereocenters. The first-order chi connectivity index (χ1) is 5.12. The minimum Gasteiger partial charge on any atom is -0.302 e. The second-order valence-electron chi connectivity index (χ2n) is 3.04. The molecule has 2 heteroatoms. The zero-order chi connectivity index (χ0) is 8.74. The van der Waals surface area contributed by atoms with Gasteiger partial charge in [-0.15, -0.1) is 6.42 Å². The van der Waals surface area contributed by atoms with Crippen molar-refractivity contribution in [3.05, 3.63) is 0 Å². The highest BCUT2D eigenvalue weighted by Crippen LogP contribution is 2.00. The third-order valence-corrected chi connectivity index (χ3v) is 2.15. The second-order valence-corrected chi connectivity index (χ2v) is 4.03. The van der Waals surface area contributed by atoms with Gasteiger partial charge in [0.1, 0.15) is 0 Å². The van der Waals surface area contributed by atoms with Gasteiger partial charge in [0.15, 0.2) is 0 Å². The average molecular weight is 171 g/mol. The van der Waals surface area contributed by atoms with Crippen LogP contribution in [0.3, 0.4) is 0 Å². The van der Waals surface area contributed by atoms with Crippen molar-refractivity contribution >= 4 is 11.8 Å². The number of terminal acetylenes is 1. The van der Waals surface area contributed by atoms with Gasteiger partial charge in [0.05, 0.1) is 5.54 Å². The predicted octanol–water partition coefficient (Wildman–Crippen LogP) is 1.74. The van der Waals surface area contributed by atoms with Gasteiger partial charge in [0.2, 0.25) is 0 Å². The van der Waals surface area contributed by atoms with Crippen LogP contribution in [-0.4, -0.2) is 24.1 Å². The average Bonchev–Trinajstić information content (AvgIpc) is 1.99. The van der Waals surface area contributed by atoms with E-state index in [4.69, 9.17) is 6.42 Å². The van der Waals surface area contributed by atoms with Crippen molar-refractivity contribution in [1.29, 1.82) is 0 Å². The van der Waals surface area contributed by atoms with Crippen molar-refractivity contribution in [2.45, 2.75) is 25.8 Å². The van der Waals surface area contributed by atoms with Gasteiger partial charge >= 0.3 is 0 Å². The number of thioether (sulfide) groups is 1. The Bertz CT molecular complexity index is 135. The van der Waals surface area contributed by atoms with Crippen LogP contribution in [0.1, 0.15) is 20.3 Å². The molecule has 0 aromatic rings. The lowest BCUT2D eigenvalue weighted by Gasteiger charge is -2.19. The molecule has 0 saturated carbocycles. The maximum Gasteiger partial charge on any atom is 0.0741 e. The van der Waals surface area contributed by atoms with E-state index in [2.05, 4.69) is 17.5 Å². The topological polar surface area (TPSA) is 12.0 Å². The zero-order valence-corrected chi connectivity index (χ0v) is 8.42. The van der Waals surface area contributed by atoms with Crippen LogP contribution >= 0.6 is 11.8 Å². The number of nitrogens with one attached hydrogen (secondary N) is 1. The molecular formula is C9H17NS. The summed E-state index contributed by atoms with van der Waals surface area (Å²) in [7, 11) is 0. The molecule has 0 aliphatic carbocycles. The quantitative estimate of drug-likeness (QED) is 0.499. The van der Waals surface area contributed by atoms with E-state index in [0.717, 1.165) is 6.54 Å². The van der Waals surface area contributed by atoms with Crippen LogP contribution in [0, 0.1) is 12.3 Å². The van der Waals surface area contributed by atoms with Crippen molar-refractivity contribution < 1.29 is 0 Å². The van der Waals surface area contributed by atoms with E-state index in [1.807, 2.05) is 25.6 Å². The van der Waals surface area contributed by atoms with Gasteiger partial charge < -0.3 is 5.32 Å². The Morgan fingerprint density at radius 2 is 2.18 bits per heavy atom. The van der Waals surface area contributed by atoms with Crippen molar-refractivity contribution in [2.24, 2.45) is 0 Å². The van der Waals surface area contributed by atoms with Gasteiger partial charge in [-0.05, 0) is 38.8 Å². The number of hydrogen-bond acceptors (Lipinski definition) is 2. The molecule has 0 rings (SSSR count). The lowest BCUT2D eigenvalue weighted by atomic mass is 10.1. The fourth-order valence-corrected chi connectivity index (χ4v) is 1.10. The van der Waals surface area contributed by atoms with E-state index in [0.29, 0.717) is 0 Å². The molecule has 0 aliphatic heterocycles. The molecule has 11 heavy (non-hydrogen) atoms. The smallest absolute Gasteiger partial charge is 0.0741 e. The van der Waals surface area contributed by atoms with Crippen LogP contribution in [0.15, 0.2) is 0 Å². The van der Waals surface area contributed by atoms with Crippen molar-refractivity contribution in [3.63, 3.8) is 0 Å². The van der Waals surface area contributed by atoms with E-state index >= 15 is 0 Å². The highest BCUT2D eigenvalue weighted by atomic mass is 32.2. The van der Waals surface area contributed by atoms with Gasteiger partial charge in [-0.2, -0.15) is 11.8 Å². The number of hydrogen-bond donors (Lipinski definition) is 1. The lowest BCUT2D eigenvalue weighted by Crippen LogP contribution is -2.38. The highest BCUT2D eigenvalue weighted by Gasteiger charge is 2.10. The molecule has 0 spiro atoms. The summed E-state index contributed by atoms with van der Waals surface area (Å²) in [6, 6.07) is 0. The Morgan fingerprint density at radius 3 is 2.64 bits per heavy atom. The van der Waals surface area contributed by atoms with Gasteiger partial charge in [-0.1, -0.05) is 5.92 Å². The fourth-order valence-electron chi connectivity index (χ4n) is 0.668. The van der Waals surface area contributed by atoms with Gasteiger partial charge in [0.25, 0.3) is 0 Å². The Morgan fingerprint density at radius 1 is 1.55 bits per heavy atom. The van der Waals surface area contributed by atoms with Crippen molar-refractivity contribution in [3.8, 4) is 12.3 Å². The predicted molar refractivity (Wildman–Crippen MR) is 53.9 cm³/mol. The maximum atomic E-state index is 5.30. The van der Waals surface area contributed by atoms with Crippen LogP contribution in [0.2, 0.25) is 0 Å². The van der Waals surface area contributed by atoms with E-state index in [1.165, 1.54) is 12.2 Å². The van der Waals surface area contributed by atoms with Gasteiger partial charge in [-0.3, -0.25) is 0 Å². The van der Waals surface area contributed by atoms with E-state index in [1.54, 1.807) is 0 Å². The second kappa shape index (κ2) is 5.51. The third kappa shape index (κ3) is 6.28. The molecule has 0 aromatic heterocycles. The molecule has 0 unspecified atom stereocenters. The molecule has 0 heterocycles. The monoisotopic (exact) mass is 171 g/mol. The summed E-state index contributed by atoms with van der Waals surface area (Å²) in [5.74, 6) is 3.90. The van der Waals surface area contributed by atoms with Gasteiger partial charge in [-0.25, -0.2) is 0 Å². The number of rotatable bonds is 5. The molecule has 0 fully saturated rings. The van der Waals surface area contributed by atoms with Crippen molar-refractivity contribution in [2.75, 3.05) is 18.6 Å². The summed E-state index contributed by atoms with van der Waals surface area (Å²) in [6.45, 7) is 5.05. The molecule has 0 aromatic carbocycles. The van der Waals surface area contributed by atoms with E-state index in [-0.39, 0.29) is 5.54 Å². The Balaban J connectivity index is 3.32. The molecule has 0 amide bonds. The summed E-state index contributed by atoms with van der Waals surface area (Å²) in [5.41, 5.74) is -0.140. The first-order valence-electron chi connectivity index (χ1n) is 3.84. The van der Waals surface area contributed by atoms with Crippen LogP contribution in [0.25, 0.3) is 0 Å². The molecule has 1 N–H and O–H groups in total. The minimum absolute atomic E-state index is 0.140. The molecule has 0 radical (unpaired) electrons. The summed E-state index contributed by atoms with van der Waals surface area (Å²) in [6.07, 6.45) is 8.61. The summed E-state index contributed by atoms with van der Waals surface area (Å²) in [5, 5.41) is 3.29. The first-order valence-corrected chi connectivity index (χ1v) is 5.23. The summed E-state index contributed by atoms with van der Waals surface area (Å²) >= 11 is 1.87. The van der Waals surface area contributed by atoms with Crippen LogP contribution in [0.5, 0.6) is 0 Å². The zero-order valence-electron chi connectivity index (χ0n) is 7.61. The normalized spacial score (nSPS) is 11.1. The molecule has 0 saturated heterocycles. The molecular weight excluding hydrogens is 154 g/mol. The molecule has 64 valence electrons. The molecule has 0 bridgehead atoms. The minimum atomic E-state index is -0.140. The SMILES string of the molecule is C#CC(C)(C)NCCCSC. The fraction of sp³-hybridized carbons (Fsp3) is 0.778. The first kappa shape index (κ1) is 10.9. The van der Waals surface area contributed by atoms with E-state index < -0.39 is 0 Å². The maximum absolute atomic E-state index is 5.30. The van der Waals surface area contributed by atoms with Gasteiger partial charge in [0, 0.05) is 0 Å². The van der Waals surface area contributed by atoms with Crippen LogP contribution in [-0.2, 0) is 0 Å². The van der Waals surface area contributed by atoms with Crippen molar-refractivity contribution in [1.82, 2.24) is 5.32 Å². The largest absolute Gasteiger partial charge is 0.302 e. The Hall–Kier alpha value is -0.130. The molecule has 0 aliphatic rings. The summed E-state index contributed by atoms with van der Waals surface area (Å²) < 4.78 is 0. The Labute approximate surface area is 74.3 Å². The highest BCUT2D eigenvalue weighted by molar-refractivity contribution is 7.98. The standard InChI is InChI=1S/C9H17NS/c1-5-9(2,3)10-7-6-8-11-4/h1,10H,6-8H2,2-4H3. The van der Waals surface area contributed by atoms with Crippen LogP contribution in [0.4, 0.5) is 0 Å². The lowest BCUT2D eigenvalue weighted by molar-refractivity contribution is 0.493.